The molecule has 2 nitrogen and oxygen atoms in total. The molecule has 2 aliphatic rings. The van der Waals surface area contributed by atoms with Gasteiger partial charge in [-0.05, 0) is 35.2 Å². The van der Waals surface area contributed by atoms with Crippen molar-refractivity contribution >= 4 is 18.7 Å². The van der Waals surface area contributed by atoms with E-state index in [1.165, 1.54) is 10.4 Å². The van der Waals surface area contributed by atoms with E-state index in [-0.39, 0.29) is 17.1 Å². The van der Waals surface area contributed by atoms with Gasteiger partial charge < -0.3 is 9.53 Å². The summed E-state index contributed by atoms with van der Waals surface area (Å²) in [6, 6.07) is 21.4. The molecule has 1 aliphatic carbocycles. The molecule has 0 bridgehead atoms. The molecule has 1 aliphatic heterocycles. The Morgan fingerprint density at radius 3 is 1.88 bits per heavy atom. The van der Waals surface area contributed by atoms with E-state index in [2.05, 4.69) is 74.5 Å². The van der Waals surface area contributed by atoms with E-state index in [0.29, 0.717) is 0 Å². The van der Waals surface area contributed by atoms with Gasteiger partial charge in [-0.25, -0.2) is 0 Å². The van der Waals surface area contributed by atoms with Crippen LogP contribution in [0.15, 0.2) is 60.7 Å². The first-order valence-electron chi connectivity index (χ1n) is 8.91. The average molecular weight is 339 g/mol. The van der Waals surface area contributed by atoms with Crippen molar-refractivity contribution in [3.63, 3.8) is 0 Å². The Kier molecular flexibility index (Phi) is 3.54. The van der Waals surface area contributed by atoms with E-state index in [4.69, 9.17) is 4.43 Å². The molecule has 2 fully saturated rings. The van der Waals surface area contributed by atoms with Gasteiger partial charge in [-0.3, -0.25) is 0 Å². The standard InChI is InChI=1S/C21H26O2Si/c1-20(2)19-18(14-15-21(19,3)22)23-24(20,16-10-6-4-7-11-16)17-12-8-5-9-13-17/h4-13,18-19,22H,14-15H2,1-3H3. The molecule has 4 rings (SSSR count). The van der Waals surface area contributed by atoms with E-state index >= 15 is 0 Å². The molecular weight excluding hydrogens is 312 g/mol. The number of rotatable bonds is 2. The monoisotopic (exact) mass is 338 g/mol. The predicted molar refractivity (Wildman–Crippen MR) is 100 cm³/mol. The summed E-state index contributed by atoms with van der Waals surface area (Å²) >= 11 is 0. The number of hydrogen-bond donors (Lipinski definition) is 1. The predicted octanol–water partition coefficient (Wildman–Crippen LogP) is 3.09. The number of hydrogen-bond acceptors (Lipinski definition) is 2. The summed E-state index contributed by atoms with van der Waals surface area (Å²) in [5, 5.41) is 13.6. The first kappa shape index (κ1) is 16.1. The molecule has 0 radical (unpaired) electrons. The van der Waals surface area contributed by atoms with E-state index in [9.17, 15) is 5.11 Å². The lowest BCUT2D eigenvalue weighted by atomic mass is 9.82. The maximum Gasteiger partial charge on any atom is 0.262 e. The fourth-order valence-electron chi connectivity index (χ4n) is 5.52. The molecule has 2 aromatic rings. The lowest BCUT2D eigenvalue weighted by Gasteiger charge is -2.43. The molecule has 126 valence electrons. The molecule has 0 amide bonds. The third kappa shape index (κ3) is 2.01. The SMILES string of the molecule is CC1(O)CCC2O[Si](c3ccccc3)(c3ccccc3)C(C)(C)C21. The lowest BCUT2D eigenvalue weighted by molar-refractivity contribution is -0.00404. The minimum Gasteiger partial charge on any atom is -0.404 e. The zero-order valence-electron chi connectivity index (χ0n) is 14.7. The molecule has 3 unspecified atom stereocenters. The summed E-state index contributed by atoms with van der Waals surface area (Å²) in [5.41, 5.74) is -0.646. The Balaban J connectivity index is 1.96. The maximum absolute atomic E-state index is 11.1. The number of benzene rings is 2. The molecule has 3 atom stereocenters. The Hall–Kier alpha value is -1.42. The smallest absolute Gasteiger partial charge is 0.262 e. The van der Waals surface area contributed by atoms with Crippen LogP contribution < -0.4 is 10.4 Å². The van der Waals surface area contributed by atoms with Crippen LogP contribution in [0.4, 0.5) is 0 Å². The van der Waals surface area contributed by atoms with Gasteiger partial charge in [0.15, 0.2) is 0 Å². The highest BCUT2D eigenvalue weighted by Crippen LogP contribution is 2.61. The van der Waals surface area contributed by atoms with Gasteiger partial charge in [-0.2, -0.15) is 0 Å². The van der Waals surface area contributed by atoms with Crippen molar-refractivity contribution in [2.75, 3.05) is 0 Å². The average Bonchev–Trinajstić information content (AvgIpc) is 3.02. The third-order valence-corrected chi connectivity index (χ3v) is 11.4. The molecule has 0 spiro atoms. The Bertz CT molecular complexity index is 685. The molecule has 0 aromatic heterocycles. The molecule has 3 heteroatoms. The molecule has 1 N–H and O–H groups in total. The van der Waals surface area contributed by atoms with Crippen LogP contribution in [0.25, 0.3) is 0 Å². The Labute approximate surface area is 145 Å². The highest BCUT2D eigenvalue weighted by molar-refractivity contribution is 7.00. The van der Waals surface area contributed by atoms with Crippen LogP contribution in [0.1, 0.15) is 33.6 Å². The summed E-state index contributed by atoms with van der Waals surface area (Å²) in [6.45, 7) is 6.65. The van der Waals surface area contributed by atoms with Crippen LogP contribution >= 0.6 is 0 Å². The third-order valence-electron chi connectivity index (χ3n) is 6.35. The molecule has 1 saturated heterocycles. The van der Waals surface area contributed by atoms with Crippen molar-refractivity contribution in [2.45, 2.75) is 50.4 Å². The quantitative estimate of drug-likeness (QED) is 0.853. The summed E-state index contributed by atoms with van der Waals surface area (Å²) < 4.78 is 6.97. The second-order valence-electron chi connectivity index (χ2n) is 8.16. The summed E-state index contributed by atoms with van der Waals surface area (Å²) in [6.07, 6.45) is 1.94. The fraction of sp³-hybridized carbons (Fsp3) is 0.429. The zero-order chi connectivity index (χ0) is 17.0. The van der Waals surface area contributed by atoms with Crippen LogP contribution in [0, 0.1) is 5.92 Å². The Morgan fingerprint density at radius 1 is 0.917 bits per heavy atom. The highest BCUT2D eigenvalue weighted by Gasteiger charge is 2.69. The van der Waals surface area contributed by atoms with Crippen LogP contribution in [-0.2, 0) is 4.43 Å². The van der Waals surface area contributed by atoms with Gasteiger partial charge in [-0.15, -0.1) is 0 Å². The van der Waals surface area contributed by atoms with E-state index < -0.39 is 13.9 Å². The van der Waals surface area contributed by atoms with Gasteiger partial charge in [0, 0.05) is 5.92 Å². The van der Waals surface area contributed by atoms with Crippen molar-refractivity contribution < 1.29 is 9.53 Å². The van der Waals surface area contributed by atoms with Crippen molar-refractivity contribution in [2.24, 2.45) is 5.92 Å². The second kappa shape index (κ2) is 5.28. The summed E-state index contributed by atoms with van der Waals surface area (Å²) in [4.78, 5) is 0. The molecular formula is C21H26O2Si. The van der Waals surface area contributed by atoms with Crippen molar-refractivity contribution in [3.05, 3.63) is 60.7 Å². The first-order valence-corrected chi connectivity index (χ1v) is 10.8. The lowest BCUT2D eigenvalue weighted by Crippen LogP contribution is -2.65. The van der Waals surface area contributed by atoms with Gasteiger partial charge in [-0.1, -0.05) is 74.5 Å². The van der Waals surface area contributed by atoms with Crippen LogP contribution in [0.2, 0.25) is 5.04 Å². The summed E-state index contributed by atoms with van der Waals surface area (Å²) in [7, 11) is -2.46. The number of fused-ring (bicyclic) bond motifs is 1. The Morgan fingerprint density at radius 2 is 1.42 bits per heavy atom. The molecule has 24 heavy (non-hydrogen) atoms. The minimum absolute atomic E-state index is 0.0830. The first-order chi connectivity index (χ1) is 11.4. The van der Waals surface area contributed by atoms with Crippen molar-refractivity contribution in [1.82, 2.24) is 0 Å². The van der Waals surface area contributed by atoms with Crippen molar-refractivity contribution in [3.8, 4) is 0 Å². The van der Waals surface area contributed by atoms with Gasteiger partial charge in [0.1, 0.15) is 0 Å². The molecule has 1 saturated carbocycles. The fourth-order valence-corrected chi connectivity index (χ4v) is 10.9. The number of aliphatic hydroxyl groups is 1. The topological polar surface area (TPSA) is 29.5 Å². The van der Waals surface area contributed by atoms with Gasteiger partial charge in [0.25, 0.3) is 8.32 Å². The second-order valence-corrected chi connectivity index (χ2v) is 12.2. The van der Waals surface area contributed by atoms with E-state index in [0.717, 1.165) is 12.8 Å². The normalized spacial score (nSPS) is 33.3. The molecule has 1 heterocycles. The van der Waals surface area contributed by atoms with Gasteiger partial charge in [0.05, 0.1) is 11.7 Å². The minimum atomic E-state index is -2.46. The largest absolute Gasteiger partial charge is 0.404 e. The van der Waals surface area contributed by atoms with E-state index in [1.54, 1.807) is 0 Å². The van der Waals surface area contributed by atoms with Crippen LogP contribution in [0.5, 0.6) is 0 Å². The zero-order valence-corrected chi connectivity index (χ0v) is 15.7. The molecule has 2 aromatic carbocycles. The highest BCUT2D eigenvalue weighted by atomic mass is 28.4. The van der Waals surface area contributed by atoms with E-state index in [1.807, 2.05) is 6.92 Å². The van der Waals surface area contributed by atoms with Gasteiger partial charge >= 0.3 is 0 Å². The van der Waals surface area contributed by atoms with Crippen molar-refractivity contribution in [1.29, 1.82) is 0 Å². The van der Waals surface area contributed by atoms with Crippen LogP contribution in [-0.4, -0.2) is 25.1 Å². The summed E-state index contributed by atoms with van der Waals surface area (Å²) in [5.74, 6) is 0.178. The van der Waals surface area contributed by atoms with Crippen LogP contribution in [0.3, 0.4) is 0 Å². The van der Waals surface area contributed by atoms with Gasteiger partial charge in [0.2, 0.25) is 0 Å². The maximum atomic E-state index is 11.1.